The summed E-state index contributed by atoms with van der Waals surface area (Å²) in [6, 6.07) is 9.13. The van der Waals surface area contributed by atoms with Crippen molar-refractivity contribution in [2.24, 2.45) is 5.92 Å². The molecule has 3 atom stereocenters. The summed E-state index contributed by atoms with van der Waals surface area (Å²) < 4.78 is 0. The maximum atomic E-state index is 11.1. The first-order valence-corrected chi connectivity index (χ1v) is 7.11. The van der Waals surface area contributed by atoms with E-state index in [0.717, 1.165) is 25.7 Å². The fourth-order valence-electron chi connectivity index (χ4n) is 2.87. The molecule has 0 amide bonds. The van der Waals surface area contributed by atoms with Crippen LogP contribution in [0.3, 0.4) is 0 Å². The van der Waals surface area contributed by atoms with Gasteiger partial charge >= 0.3 is 5.97 Å². The third-order valence-corrected chi connectivity index (χ3v) is 4.09. The molecule has 1 aliphatic carbocycles. The summed E-state index contributed by atoms with van der Waals surface area (Å²) in [7, 11) is 0. The molecule has 0 bridgehead atoms. The lowest BCUT2D eigenvalue weighted by Gasteiger charge is -2.30. The van der Waals surface area contributed by atoms with E-state index in [9.17, 15) is 4.79 Å². The first-order chi connectivity index (χ1) is 9.06. The number of carboxylic acid groups (broad SMARTS) is 1. The predicted octanol–water partition coefficient (Wildman–Crippen LogP) is 3.29. The van der Waals surface area contributed by atoms with Crippen molar-refractivity contribution < 1.29 is 9.90 Å². The molecule has 19 heavy (non-hydrogen) atoms. The van der Waals surface area contributed by atoms with Gasteiger partial charge in [-0.2, -0.15) is 0 Å². The highest BCUT2D eigenvalue weighted by Gasteiger charge is 2.27. The lowest BCUT2D eigenvalue weighted by molar-refractivity contribution is -0.143. The van der Waals surface area contributed by atoms with Crippen LogP contribution in [0.5, 0.6) is 0 Å². The van der Waals surface area contributed by atoms with Crippen LogP contribution in [0.1, 0.15) is 49.8 Å². The number of hydrogen-bond acceptors (Lipinski definition) is 2. The Hall–Kier alpha value is -1.35. The Morgan fingerprint density at radius 2 is 2.00 bits per heavy atom. The first-order valence-electron chi connectivity index (χ1n) is 7.11. The highest BCUT2D eigenvalue weighted by atomic mass is 16.4. The molecule has 3 heteroatoms. The van der Waals surface area contributed by atoms with Gasteiger partial charge in [0, 0.05) is 12.1 Å². The van der Waals surface area contributed by atoms with Gasteiger partial charge in [-0.05, 0) is 38.7 Å². The third-order valence-electron chi connectivity index (χ3n) is 4.09. The molecule has 1 aliphatic rings. The van der Waals surface area contributed by atoms with Gasteiger partial charge < -0.3 is 10.4 Å². The maximum Gasteiger partial charge on any atom is 0.306 e. The molecule has 2 rings (SSSR count). The Balaban J connectivity index is 1.93. The molecule has 3 nitrogen and oxygen atoms in total. The molecule has 0 aromatic heterocycles. The summed E-state index contributed by atoms with van der Waals surface area (Å²) in [6.07, 6.45) is 3.67. The van der Waals surface area contributed by atoms with Crippen molar-refractivity contribution in [1.29, 1.82) is 0 Å². The number of aliphatic carboxylic acids is 1. The highest BCUT2D eigenvalue weighted by molar-refractivity contribution is 5.70. The van der Waals surface area contributed by atoms with Crippen LogP contribution in [0.25, 0.3) is 0 Å². The Morgan fingerprint density at radius 1 is 1.32 bits per heavy atom. The normalized spacial score (nSPS) is 24.9. The molecule has 1 aromatic rings. The molecule has 1 fully saturated rings. The largest absolute Gasteiger partial charge is 0.481 e. The lowest BCUT2D eigenvalue weighted by Crippen LogP contribution is -2.37. The van der Waals surface area contributed by atoms with Crippen molar-refractivity contribution in [3.63, 3.8) is 0 Å². The van der Waals surface area contributed by atoms with E-state index in [1.54, 1.807) is 0 Å². The standard InChI is InChI=1S/C16H23NO2/c1-11-6-8-13(9-7-11)12(2)17-15-5-3-4-14(10-15)16(18)19/h6-9,12,14-15,17H,3-5,10H2,1-2H3,(H,18,19)/t12-,14?,15?/m0/s1. The number of benzene rings is 1. The summed E-state index contributed by atoms with van der Waals surface area (Å²) in [5.74, 6) is -0.814. The van der Waals surface area contributed by atoms with E-state index >= 15 is 0 Å². The van der Waals surface area contributed by atoms with Gasteiger partial charge in [0.05, 0.1) is 5.92 Å². The zero-order valence-electron chi connectivity index (χ0n) is 11.7. The third kappa shape index (κ3) is 3.80. The van der Waals surface area contributed by atoms with Gasteiger partial charge in [-0.3, -0.25) is 4.79 Å². The van der Waals surface area contributed by atoms with Gasteiger partial charge in [0.15, 0.2) is 0 Å². The lowest BCUT2D eigenvalue weighted by atomic mass is 9.85. The number of nitrogens with one attached hydrogen (secondary N) is 1. The fourth-order valence-corrected chi connectivity index (χ4v) is 2.87. The molecule has 2 unspecified atom stereocenters. The average Bonchev–Trinajstić information content (AvgIpc) is 2.39. The van der Waals surface area contributed by atoms with Crippen LogP contribution in [0, 0.1) is 12.8 Å². The number of carbonyl (C=O) groups is 1. The minimum absolute atomic E-state index is 0.170. The zero-order chi connectivity index (χ0) is 13.8. The highest BCUT2D eigenvalue weighted by Crippen LogP contribution is 2.26. The van der Waals surface area contributed by atoms with Crippen LogP contribution in [0.4, 0.5) is 0 Å². The van der Waals surface area contributed by atoms with Crippen molar-refractivity contribution in [3.05, 3.63) is 35.4 Å². The van der Waals surface area contributed by atoms with Gasteiger partial charge in [-0.1, -0.05) is 36.2 Å². The molecule has 0 heterocycles. The number of aryl methyl sites for hydroxylation is 1. The van der Waals surface area contributed by atoms with Crippen LogP contribution in [-0.4, -0.2) is 17.1 Å². The van der Waals surface area contributed by atoms with E-state index in [2.05, 4.69) is 43.4 Å². The predicted molar refractivity (Wildman–Crippen MR) is 76.1 cm³/mol. The fraction of sp³-hybridized carbons (Fsp3) is 0.562. The quantitative estimate of drug-likeness (QED) is 0.874. The van der Waals surface area contributed by atoms with Gasteiger partial charge in [-0.25, -0.2) is 0 Å². The number of carboxylic acids is 1. The van der Waals surface area contributed by atoms with E-state index in [1.807, 2.05) is 0 Å². The minimum Gasteiger partial charge on any atom is -0.481 e. The molecule has 104 valence electrons. The van der Waals surface area contributed by atoms with Crippen molar-refractivity contribution in [2.45, 2.75) is 51.6 Å². The van der Waals surface area contributed by atoms with Crippen LogP contribution < -0.4 is 5.32 Å². The topological polar surface area (TPSA) is 49.3 Å². The van der Waals surface area contributed by atoms with Crippen LogP contribution >= 0.6 is 0 Å². The van der Waals surface area contributed by atoms with Crippen LogP contribution in [0.15, 0.2) is 24.3 Å². The van der Waals surface area contributed by atoms with Crippen LogP contribution in [0.2, 0.25) is 0 Å². The second-order valence-electron chi connectivity index (χ2n) is 5.70. The van der Waals surface area contributed by atoms with Gasteiger partial charge in [0.1, 0.15) is 0 Å². The van der Waals surface area contributed by atoms with Crippen molar-refractivity contribution in [1.82, 2.24) is 5.32 Å². The number of rotatable bonds is 4. The summed E-state index contributed by atoms with van der Waals surface area (Å²) in [5.41, 5.74) is 2.53. The van der Waals surface area contributed by atoms with Crippen molar-refractivity contribution >= 4 is 5.97 Å². The summed E-state index contributed by atoms with van der Waals surface area (Å²) in [6.45, 7) is 4.23. The minimum atomic E-state index is -0.644. The molecule has 0 saturated heterocycles. The summed E-state index contributed by atoms with van der Waals surface area (Å²) in [4.78, 5) is 11.1. The molecule has 1 aromatic carbocycles. The second-order valence-corrected chi connectivity index (χ2v) is 5.70. The maximum absolute atomic E-state index is 11.1. The van der Waals surface area contributed by atoms with E-state index in [0.29, 0.717) is 6.04 Å². The molecule has 0 spiro atoms. The number of hydrogen-bond donors (Lipinski definition) is 2. The summed E-state index contributed by atoms with van der Waals surface area (Å²) >= 11 is 0. The van der Waals surface area contributed by atoms with Crippen LogP contribution in [-0.2, 0) is 4.79 Å². The van der Waals surface area contributed by atoms with E-state index in [1.165, 1.54) is 11.1 Å². The molecule has 1 saturated carbocycles. The SMILES string of the molecule is Cc1ccc([C@H](C)NC2CCCC(C(=O)O)C2)cc1. The molecule has 0 radical (unpaired) electrons. The Labute approximate surface area is 115 Å². The van der Waals surface area contributed by atoms with Crippen molar-refractivity contribution in [3.8, 4) is 0 Å². The smallest absolute Gasteiger partial charge is 0.306 e. The van der Waals surface area contributed by atoms with E-state index in [-0.39, 0.29) is 12.0 Å². The Morgan fingerprint density at radius 3 is 2.63 bits per heavy atom. The molecule has 2 N–H and O–H groups in total. The molecule has 0 aliphatic heterocycles. The Bertz CT molecular complexity index is 427. The van der Waals surface area contributed by atoms with E-state index in [4.69, 9.17) is 5.11 Å². The first kappa shape index (κ1) is 14.1. The molecular weight excluding hydrogens is 238 g/mol. The van der Waals surface area contributed by atoms with Gasteiger partial charge in [-0.15, -0.1) is 0 Å². The monoisotopic (exact) mass is 261 g/mol. The van der Waals surface area contributed by atoms with E-state index < -0.39 is 5.97 Å². The average molecular weight is 261 g/mol. The van der Waals surface area contributed by atoms with Crippen molar-refractivity contribution in [2.75, 3.05) is 0 Å². The molecular formula is C16H23NO2. The van der Waals surface area contributed by atoms with Gasteiger partial charge in [0.25, 0.3) is 0 Å². The Kier molecular flexibility index (Phi) is 4.59. The summed E-state index contributed by atoms with van der Waals surface area (Å²) in [5, 5.41) is 12.7. The zero-order valence-corrected chi connectivity index (χ0v) is 11.7. The second kappa shape index (κ2) is 6.20. The van der Waals surface area contributed by atoms with Gasteiger partial charge in [0.2, 0.25) is 0 Å².